The lowest BCUT2D eigenvalue weighted by molar-refractivity contribution is 0.245. The molecule has 4 nitrogen and oxygen atoms in total. The molecule has 0 aliphatic rings. The van der Waals surface area contributed by atoms with Gasteiger partial charge in [0.25, 0.3) is 0 Å². The van der Waals surface area contributed by atoms with E-state index in [1.807, 2.05) is 6.92 Å². The molecule has 0 fully saturated rings. The number of amides is 2. The van der Waals surface area contributed by atoms with Gasteiger partial charge in [0.15, 0.2) is 0 Å². The number of anilines is 1. The predicted octanol–water partition coefficient (Wildman–Crippen LogP) is 2.92. The molecule has 1 atom stereocenters. The lowest BCUT2D eigenvalue weighted by atomic mass is 9.99. The molecule has 1 aromatic rings. The standard InChI is InChI=1S/C12H16ClN3OS/c1-3-12(2,10(14)18)16-11(17)15-9-6-4-5-8(13)7-9/h4-7H,3H2,1-2H3,(H2,14,18)(H2,15,16,17). The first kappa shape index (κ1) is 14.7. The van der Waals surface area contributed by atoms with Crippen molar-refractivity contribution in [3.05, 3.63) is 29.3 Å². The first-order chi connectivity index (χ1) is 8.37. The van der Waals surface area contributed by atoms with E-state index in [1.165, 1.54) is 0 Å². The van der Waals surface area contributed by atoms with Crippen molar-refractivity contribution in [2.45, 2.75) is 25.8 Å². The Kier molecular flexibility index (Phi) is 4.93. The van der Waals surface area contributed by atoms with Crippen molar-refractivity contribution >= 4 is 40.5 Å². The second-order valence-electron chi connectivity index (χ2n) is 4.14. The third-order valence-corrected chi connectivity index (χ3v) is 3.41. The molecule has 0 aliphatic heterocycles. The molecule has 98 valence electrons. The number of carbonyl (C=O) groups is 1. The SMILES string of the molecule is CCC(C)(NC(=O)Nc1cccc(Cl)c1)C(N)=S. The highest BCUT2D eigenvalue weighted by Gasteiger charge is 2.27. The van der Waals surface area contributed by atoms with Crippen LogP contribution in [0, 0.1) is 0 Å². The van der Waals surface area contributed by atoms with Crippen LogP contribution in [-0.2, 0) is 0 Å². The van der Waals surface area contributed by atoms with Crippen LogP contribution in [0.25, 0.3) is 0 Å². The highest BCUT2D eigenvalue weighted by molar-refractivity contribution is 7.80. The van der Waals surface area contributed by atoms with E-state index in [4.69, 9.17) is 29.6 Å². The minimum absolute atomic E-state index is 0.256. The van der Waals surface area contributed by atoms with Gasteiger partial charge < -0.3 is 16.4 Å². The molecule has 0 spiro atoms. The van der Waals surface area contributed by atoms with Crippen molar-refractivity contribution in [2.75, 3.05) is 5.32 Å². The third-order valence-electron chi connectivity index (χ3n) is 2.72. The smallest absolute Gasteiger partial charge is 0.320 e. The van der Waals surface area contributed by atoms with Gasteiger partial charge in [0.1, 0.15) is 0 Å². The third kappa shape index (κ3) is 3.85. The Morgan fingerprint density at radius 1 is 1.56 bits per heavy atom. The lowest BCUT2D eigenvalue weighted by Crippen LogP contribution is -2.55. The highest BCUT2D eigenvalue weighted by Crippen LogP contribution is 2.15. The normalized spacial score (nSPS) is 13.5. The Labute approximate surface area is 117 Å². The molecule has 1 aromatic carbocycles. The summed E-state index contributed by atoms with van der Waals surface area (Å²) < 4.78 is 0. The molecule has 0 saturated carbocycles. The Morgan fingerprint density at radius 3 is 2.72 bits per heavy atom. The van der Waals surface area contributed by atoms with E-state index in [1.54, 1.807) is 31.2 Å². The number of hydrogen-bond donors (Lipinski definition) is 3. The molecule has 0 aromatic heterocycles. The van der Waals surface area contributed by atoms with Crippen molar-refractivity contribution in [2.24, 2.45) is 5.73 Å². The summed E-state index contributed by atoms with van der Waals surface area (Å²) in [6.07, 6.45) is 0.616. The van der Waals surface area contributed by atoms with Crippen LogP contribution in [0.1, 0.15) is 20.3 Å². The van der Waals surface area contributed by atoms with Gasteiger partial charge in [0.2, 0.25) is 0 Å². The number of halogens is 1. The van der Waals surface area contributed by atoms with Gasteiger partial charge in [-0.1, -0.05) is 36.8 Å². The summed E-state index contributed by atoms with van der Waals surface area (Å²) in [6, 6.07) is 6.52. The number of hydrogen-bond acceptors (Lipinski definition) is 2. The van der Waals surface area contributed by atoms with Crippen LogP contribution >= 0.6 is 23.8 Å². The summed E-state index contributed by atoms with van der Waals surface area (Å²) in [5.41, 5.74) is 5.53. The summed E-state index contributed by atoms with van der Waals surface area (Å²) in [5.74, 6) is 0. The molecule has 0 heterocycles. The van der Waals surface area contributed by atoms with E-state index in [0.717, 1.165) is 0 Å². The van der Waals surface area contributed by atoms with Gasteiger partial charge in [-0.25, -0.2) is 4.79 Å². The topological polar surface area (TPSA) is 67.2 Å². The fourth-order valence-corrected chi connectivity index (χ4v) is 1.69. The highest BCUT2D eigenvalue weighted by atomic mass is 35.5. The van der Waals surface area contributed by atoms with E-state index in [-0.39, 0.29) is 11.0 Å². The number of benzene rings is 1. The van der Waals surface area contributed by atoms with E-state index in [9.17, 15) is 4.79 Å². The zero-order valence-corrected chi connectivity index (χ0v) is 11.9. The van der Waals surface area contributed by atoms with Crippen molar-refractivity contribution < 1.29 is 4.79 Å². The van der Waals surface area contributed by atoms with Crippen molar-refractivity contribution in [3.63, 3.8) is 0 Å². The van der Waals surface area contributed by atoms with Crippen LogP contribution in [-0.4, -0.2) is 16.6 Å². The van der Waals surface area contributed by atoms with E-state index >= 15 is 0 Å². The molecule has 1 unspecified atom stereocenters. The van der Waals surface area contributed by atoms with Crippen LogP contribution < -0.4 is 16.4 Å². The first-order valence-electron chi connectivity index (χ1n) is 5.52. The largest absolute Gasteiger partial charge is 0.391 e. The summed E-state index contributed by atoms with van der Waals surface area (Å²) in [4.78, 5) is 12.1. The van der Waals surface area contributed by atoms with Crippen molar-refractivity contribution in [3.8, 4) is 0 Å². The average molecular weight is 286 g/mol. The summed E-state index contributed by atoms with van der Waals surface area (Å²) in [5, 5.41) is 5.98. The van der Waals surface area contributed by atoms with Gasteiger partial charge in [0, 0.05) is 10.7 Å². The molecular formula is C12H16ClN3OS. The molecule has 0 radical (unpaired) electrons. The number of nitrogens with two attached hydrogens (primary N) is 1. The second kappa shape index (κ2) is 6.02. The fourth-order valence-electron chi connectivity index (χ4n) is 1.30. The summed E-state index contributed by atoms with van der Waals surface area (Å²) in [7, 11) is 0. The number of rotatable bonds is 4. The second-order valence-corrected chi connectivity index (χ2v) is 5.02. The van der Waals surface area contributed by atoms with Gasteiger partial charge in [-0.2, -0.15) is 0 Å². The molecule has 0 bridgehead atoms. The Morgan fingerprint density at radius 2 is 2.22 bits per heavy atom. The van der Waals surface area contributed by atoms with E-state index < -0.39 is 5.54 Å². The van der Waals surface area contributed by atoms with Gasteiger partial charge in [-0.15, -0.1) is 0 Å². The van der Waals surface area contributed by atoms with E-state index in [0.29, 0.717) is 17.1 Å². The van der Waals surface area contributed by atoms with Crippen molar-refractivity contribution in [1.82, 2.24) is 5.32 Å². The zero-order chi connectivity index (χ0) is 13.8. The molecule has 2 amide bonds. The maximum absolute atomic E-state index is 11.8. The van der Waals surface area contributed by atoms with Gasteiger partial charge in [0.05, 0.1) is 10.5 Å². The van der Waals surface area contributed by atoms with Crippen LogP contribution in [0.5, 0.6) is 0 Å². The van der Waals surface area contributed by atoms with E-state index in [2.05, 4.69) is 10.6 Å². The molecule has 4 N–H and O–H groups in total. The molecule has 18 heavy (non-hydrogen) atoms. The summed E-state index contributed by atoms with van der Waals surface area (Å²) in [6.45, 7) is 3.69. The summed E-state index contributed by atoms with van der Waals surface area (Å²) >= 11 is 10.8. The fraction of sp³-hybridized carbons (Fsp3) is 0.333. The average Bonchev–Trinajstić information content (AvgIpc) is 2.28. The van der Waals surface area contributed by atoms with Crippen molar-refractivity contribution in [1.29, 1.82) is 0 Å². The van der Waals surface area contributed by atoms with Gasteiger partial charge in [-0.05, 0) is 31.5 Å². The Bertz CT molecular complexity index is 466. The maximum atomic E-state index is 11.8. The molecule has 1 rings (SSSR count). The molecule has 0 aliphatic carbocycles. The quantitative estimate of drug-likeness (QED) is 0.745. The van der Waals surface area contributed by atoms with Gasteiger partial charge in [-0.3, -0.25) is 0 Å². The van der Waals surface area contributed by atoms with Gasteiger partial charge >= 0.3 is 6.03 Å². The Balaban J connectivity index is 2.70. The minimum atomic E-state index is -0.696. The number of thiocarbonyl (C=S) groups is 1. The number of carbonyl (C=O) groups excluding carboxylic acids is 1. The predicted molar refractivity (Wildman–Crippen MR) is 79.1 cm³/mol. The monoisotopic (exact) mass is 285 g/mol. The molecule has 6 heteroatoms. The van der Waals surface area contributed by atoms with Crippen LogP contribution in [0.3, 0.4) is 0 Å². The molecule has 0 saturated heterocycles. The number of nitrogens with one attached hydrogen (secondary N) is 2. The first-order valence-corrected chi connectivity index (χ1v) is 6.30. The minimum Gasteiger partial charge on any atom is -0.391 e. The number of urea groups is 1. The maximum Gasteiger partial charge on any atom is 0.320 e. The van der Waals surface area contributed by atoms with Crippen LogP contribution in [0.2, 0.25) is 5.02 Å². The Hall–Kier alpha value is -1.33. The van der Waals surface area contributed by atoms with Crippen LogP contribution in [0.15, 0.2) is 24.3 Å². The molecular weight excluding hydrogens is 270 g/mol. The lowest BCUT2D eigenvalue weighted by Gasteiger charge is -2.28. The zero-order valence-electron chi connectivity index (χ0n) is 10.3. The van der Waals surface area contributed by atoms with Crippen LogP contribution in [0.4, 0.5) is 10.5 Å².